The highest BCUT2D eigenvalue weighted by Gasteiger charge is 2.23. The Morgan fingerprint density at radius 3 is 2.58 bits per heavy atom. The summed E-state index contributed by atoms with van der Waals surface area (Å²) in [6.45, 7) is 5.02. The van der Waals surface area contributed by atoms with Gasteiger partial charge in [-0.2, -0.15) is 0 Å². The van der Waals surface area contributed by atoms with Crippen LogP contribution in [-0.4, -0.2) is 42.6 Å². The number of piperidine rings is 1. The standard InChI is InChI=1S/C18H23ClN2O3/c1-2-13-24-18(23)20-16-9-11-21(12-10-16)17(22)8-5-14-3-6-15(19)7-4-14/h2-4,6-7,16H,1,5,8-13H2,(H,20,23). The molecule has 130 valence electrons. The van der Waals surface area contributed by atoms with Crippen molar-refractivity contribution in [3.63, 3.8) is 0 Å². The number of likely N-dealkylation sites (tertiary alicyclic amines) is 1. The lowest BCUT2D eigenvalue weighted by molar-refractivity contribution is -0.132. The van der Waals surface area contributed by atoms with Crippen LogP contribution in [0.4, 0.5) is 4.79 Å². The topological polar surface area (TPSA) is 58.6 Å². The molecule has 2 rings (SSSR count). The van der Waals surface area contributed by atoms with Crippen molar-refractivity contribution in [2.24, 2.45) is 0 Å². The summed E-state index contributed by atoms with van der Waals surface area (Å²) < 4.78 is 4.91. The Hall–Kier alpha value is -2.01. The average molecular weight is 351 g/mol. The van der Waals surface area contributed by atoms with Crippen LogP contribution in [0.5, 0.6) is 0 Å². The Kier molecular flexibility index (Phi) is 7.12. The summed E-state index contributed by atoms with van der Waals surface area (Å²) in [5.41, 5.74) is 1.11. The Morgan fingerprint density at radius 1 is 1.29 bits per heavy atom. The molecule has 5 nitrogen and oxygen atoms in total. The van der Waals surface area contributed by atoms with Crippen LogP contribution in [0.3, 0.4) is 0 Å². The van der Waals surface area contributed by atoms with Crippen molar-refractivity contribution >= 4 is 23.6 Å². The van der Waals surface area contributed by atoms with Gasteiger partial charge in [-0.05, 0) is 37.0 Å². The van der Waals surface area contributed by atoms with Gasteiger partial charge in [-0.25, -0.2) is 4.79 Å². The lowest BCUT2D eigenvalue weighted by atomic mass is 10.0. The van der Waals surface area contributed by atoms with Gasteiger partial charge in [0, 0.05) is 30.6 Å². The van der Waals surface area contributed by atoms with E-state index in [1.807, 2.05) is 29.2 Å². The van der Waals surface area contributed by atoms with Crippen molar-refractivity contribution < 1.29 is 14.3 Å². The van der Waals surface area contributed by atoms with E-state index in [9.17, 15) is 9.59 Å². The van der Waals surface area contributed by atoms with Gasteiger partial charge in [0.1, 0.15) is 6.61 Å². The third-order valence-corrected chi connectivity index (χ3v) is 4.29. The molecule has 0 aromatic heterocycles. The van der Waals surface area contributed by atoms with Gasteiger partial charge in [0.05, 0.1) is 0 Å². The van der Waals surface area contributed by atoms with E-state index in [4.69, 9.17) is 16.3 Å². The van der Waals surface area contributed by atoms with Crippen molar-refractivity contribution in [2.75, 3.05) is 19.7 Å². The summed E-state index contributed by atoms with van der Waals surface area (Å²) in [4.78, 5) is 25.6. The number of hydrogen-bond donors (Lipinski definition) is 1. The highest BCUT2D eigenvalue weighted by Crippen LogP contribution is 2.14. The summed E-state index contributed by atoms with van der Waals surface area (Å²) in [6, 6.07) is 7.62. The number of benzene rings is 1. The molecule has 1 N–H and O–H groups in total. The van der Waals surface area contributed by atoms with Gasteiger partial charge in [-0.3, -0.25) is 4.79 Å². The maximum atomic E-state index is 12.3. The quantitative estimate of drug-likeness (QED) is 0.802. The Morgan fingerprint density at radius 2 is 1.96 bits per heavy atom. The summed E-state index contributed by atoms with van der Waals surface area (Å²) in [5, 5.41) is 3.52. The van der Waals surface area contributed by atoms with Gasteiger partial charge >= 0.3 is 6.09 Å². The van der Waals surface area contributed by atoms with Gasteiger partial charge in [0.15, 0.2) is 0 Å². The molecule has 0 spiro atoms. The maximum absolute atomic E-state index is 12.3. The highest BCUT2D eigenvalue weighted by atomic mass is 35.5. The maximum Gasteiger partial charge on any atom is 0.407 e. The molecule has 2 amide bonds. The molecule has 0 unspecified atom stereocenters. The van der Waals surface area contributed by atoms with Crippen LogP contribution < -0.4 is 5.32 Å². The summed E-state index contributed by atoms with van der Waals surface area (Å²) in [5.74, 6) is 0.151. The second-order valence-electron chi connectivity index (χ2n) is 5.81. The second-order valence-corrected chi connectivity index (χ2v) is 6.25. The van der Waals surface area contributed by atoms with E-state index in [0.29, 0.717) is 31.0 Å². The molecule has 1 saturated heterocycles. The van der Waals surface area contributed by atoms with Crippen molar-refractivity contribution in [2.45, 2.75) is 31.7 Å². The number of rotatable bonds is 6. The Balaban J connectivity index is 1.69. The smallest absolute Gasteiger partial charge is 0.407 e. The van der Waals surface area contributed by atoms with Crippen molar-refractivity contribution in [1.82, 2.24) is 10.2 Å². The van der Waals surface area contributed by atoms with Gasteiger partial charge < -0.3 is 15.0 Å². The van der Waals surface area contributed by atoms with E-state index < -0.39 is 6.09 Å². The zero-order valence-electron chi connectivity index (χ0n) is 13.7. The highest BCUT2D eigenvalue weighted by molar-refractivity contribution is 6.30. The van der Waals surface area contributed by atoms with E-state index in [-0.39, 0.29) is 18.6 Å². The minimum atomic E-state index is -0.428. The number of nitrogens with zero attached hydrogens (tertiary/aromatic N) is 1. The number of carbonyl (C=O) groups is 2. The first-order valence-electron chi connectivity index (χ1n) is 8.15. The molecular weight excluding hydrogens is 328 g/mol. The third-order valence-electron chi connectivity index (χ3n) is 4.04. The number of alkyl carbamates (subject to hydrolysis) is 1. The number of halogens is 1. The minimum Gasteiger partial charge on any atom is -0.445 e. The van der Waals surface area contributed by atoms with E-state index in [1.54, 1.807) is 0 Å². The minimum absolute atomic E-state index is 0.0580. The molecule has 1 heterocycles. The van der Waals surface area contributed by atoms with E-state index in [1.165, 1.54) is 6.08 Å². The molecular formula is C18H23ClN2O3. The van der Waals surface area contributed by atoms with E-state index >= 15 is 0 Å². The predicted molar refractivity (Wildman–Crippen MR) is 94.1 cm³/mol. The zero-order chi connectivity index (χ0) is 17.4. The monoisotopic (exact) mass is 350 g/mol. The molecule has 0 radical (unpaired) electrons. The van der Waals surface area contributed by atoms with Crippen LogP contribution in [0.1, 0.15) is 24.8 Å². The molecule has 0 bridgehead atoms. The number of nitrogens with one attached hydrogen (secondary N) is 1. The van der Waals surface area contributed by atoms with Crippen LogP contribution in [0.2, 0.25) is 5.02 Å². The fraction of sp³-hybridized carbons (Fsp3) is 0.444. The molecule has 6 heteroatoms. The molecule has 1 fully saturated rings. The summed E-state index contributed by atoms with van der Waals surface area (Å²) in [6.07, 6.45) is 3.79. The van der Waals surface area contributed by atoms with Gasteiger partial charge in [-0.15, -0.1) is 0 Å². The first-order valence-corrected chi connectivity index (χ1v) is 8.52. The molecule has 1 aromatic carbocycles. The molecule has 0 aliphatic carbocycles. The lowest BCUT2D eigenvalue weighted by Gasteiger charge is -2.32. The summed E-state index contributed by atoms with van der Waals surface area (Å²) >= 11 is 5.85. The van der Waals surface area contributed by atoms with E-state index in [0.717, 1.165) is 18.4 Å². The number of amides is 2. The van der Waals surface area contributed by atoms with Crippen molar-refractivity contribution in [3.8, 4) is 0 Å². The largest absolute Gasteiger partial charge is 0.445 e. The second kappa shape index (κ2) is 9.33. The predicted octanol–water partition coefficient (Wildman–Crippen LogP) is 3.18. The number of ether oxygens (including phenoxy) is 1. The molecule has 1 aliphatic heterocycles. The van der Waals surface area contributed by atoms with Crippen LogP contribution in [0.15, 0.2) is 36.9 Å². The van der Waals surface area contributed by atoms with Gasteiger partial charge in [0.25, 0.3) is 0 Å². The normalized spacial score (nSPS) is 15.0. The third kappa shape index (κ3) is 5.89. The van der Waals surface area contributed by atoms with Crippen molar-refractivity contribution in [3.05, 3.63) is 47.5 Å². The first kappa shape index (κ1) is 18.3. The van der Waals surface area contributed by atoms with Crippen LogP contribution in [0.25, 0.3) is 0 Å². The number of aryl methyl sites for hydroxylation is 1. The Bertz CT molecular complexity index is 566. The number of hydrogen-bond acceptors (Lipinski definition) is 3. The average Bonchev–Trinajstić information content (AvgIpc) is 2.60. The lowest BCUT2D eigenvalue weighted by Crippen LogP contribution is -2.46. The fourth-order valence-electron chi connectivity index (χ4n) is 2.68. The number of carbonyl (C=O) groups excluding carboxylic acids is 2. The summed E-state index contributed by atoms with van der Waals surface area (Å²) in [7, 11) is 0. The van der Waals surface area contributed by atoms with Crippen molar-refractivity contribution in [1.29, 1.82) is 0 Å². The fourth-order valence-corrected chi connectivity index (χ4v) is 2.80. The zero-order valence-corrected chi connectivity index (χ0v) is 14.4. The van der Waals surface area contributed by atoms with E-state index in [2.05, 4.69) is 11.9 Å². The molecule has 24 heavy (non-hydrogen) atoms. The van der Waals surface area contributed by atoms with Gasteiger partial charge in [0.2, 0.25) is 5.91 Å². The molecule has 1 aliphatic rings. The van der Waals surface area contributed by atoms with Crippen LogP contribution in [-0.2, 0) is 16.0 Å². The van der Waals surface area contributed by atoms with Gasteiger partial charge in [-0.1, -0.05) is 36.4 Å². The molecule has 0 atom stereocenters. The Labute approximate surface area is 147 Å². The SMILES string of the molecule is C=CCOC(=O)NC1CCN(C(=O)CCc2ccc(Cl)cc2)CC1. The first-order chi connectivity index (χ1) is 11.6. The molecule has 0 saturated carbocycles. The van der Waals surface area contributed by atoms with Crippen LogP contribution in [0, 0.1) is 0 Å². The molecule has 1 aromatic rings. The van der Waals surface area contributed by atoms with Crippen LogP contribution >= 0.6 is 11.6 Å².